The van der Waals surface area contributed by atoms with Gasteiger partial charge in [0, 0.05) is 11.1 Å². The predicted molar refractivity (Wildman–Crippen MR) is 62.5 cm³/mol. The van der Waals surface area contributed by atoms with Crippen LogP contribution in [0.5, 0.6) is 0 Å². The highest BCUT2D eigenvalue weighted by atomic mass is 32.1. The Kier molecular flexibility index (Phi) is 3.56. The summed E-state index contributed by atoms with van der Waals surface area (Å²) in [6, 6.07) is -0.321. The standard InChI is InChI=1S/C11H16N2O2S/c1-8-7-16-10(12-8)6-13-5-3-2-4-9(13)11(14)15/h7,9H,2-6H2,1H3,(H,14,15). The Hall–Kier alpha value is -0.940. The van der Waals surface area contributed by atoms with Crippen molar-refractivity contribution in [1.29, 1.82) is 0 Å². The van der Waals surface area contributed by atoms with Crippen LogP contribution in [-0.4, -0.2) is 33.5 Å². The summed E-state index contributed by atoms with van der Waals surface area (Å²) < 4.78 is 0. The van der Waals surface area contributed by atoms with Gasteiger partial charge in [-0.3, -0.25) is 9.69 Å². The Morgan fingerprint density at radius 1 is 1.69 bits per heavy atom. The number of aromatic nitrogens is 1. The second-order valence-electron chi connectivity index (χ2n) is 4.20. The van der Waals surface area contributed by atoms with Gasteiger partial charge in [-0.15, -0.1) is 11.3 Å². The van der Waals surface area contributed by atoms with E-state index in [0.29, 0.717) is 6.54 Å². The van der Waals surface area contributed by atoms with Crippen molar-refractivity contribution in [3.8, 4) is 0 Å². The molecule has 0 bridgehead atoms. The van der Waals surface area contributed by atoms with Crippen molar-refractivity contribution in [1.82, 2.24) is 9.88 Å². The Bertz CT molecular complexity index is 378. The lowest BCUT2D eigenvalue weighted by Gasteiger charge is -2.31. The molecule has 1 saturated heterocycles. The fourth-order valence-electron chi connectivity index (χ4n) is 2.11. The maximum absolute atomic E-state index is 11.1. The molecule has 1 unspecified atom stereocenters. The molecular formula is C11H16N2O2S. The molecule has 0 amide bonds. The zero-order chi connectivity index (χ0) is 11.5. The summed E-state index contributed by atoms with van der Waals surface area (Å²) >= 11 is 1.61. The number of piperidine rings is 1. The van der Waals surface area contributed by atoms with Crippen molar-refractivity contribution in [3.05, 3.63) is 16.1 Å². The van der Waals surface area contributed by atoms with Crippen LogP contribution >= 0.6 is 11.3 Å². The normalized spacial score (nSPS) is 22.2. The van der Waals surface area contributed by atoms with Gasteiger partial charge in [0.2, 0.25) is 0 Å². The summed E-state index contributed by atoms with van der Waals surface area (Å²) in [5, 5.41) is 12.2. The predicted octanol–water partition coefficient (Wildman–Crippen LogP) is 1.89. The zero-order valence-corrected chi connectivity index (χ0v) is 10.2. The summed E-state index contributed by atoms with van der Waals surface area (Å²) in [4.78, 5) is 17.5. The number of carboxylic acids is 1. The molecular weight excluding hydrogens is 224 g/mol. The molecule has 1 fully saturated rings. The molecule has 1 aliphatic rings. The first-order valence-corrected chi connectivity index (χ1v) is 6.42. The van der Waals surface area contributed by atoms with Crippen molar-refractivity contribution in [2.45, 2.75) is 38.8 Å². The first-order chi connectivity index (χ1) is 7.66. The number of likely N-dealkylation sites (tertiary alicyclic amines) is 1. The Labute approximate surface area is 98.9 Å². The van der Waals surface area contributed by atoms with E-state index in [9.17, 15) is 4.79 Å². The topological polar surface area (TPSA) is 53.4 Å². The van der Waals surface area contributed by atoms with Crippen LogP contribution in [0.25, 0.3) is 0 Å². The quantitative estimate of drug-likeness (QED) is 0.876. The van der Waals surface area contributed by atoms with Gasteiger partial charge >= 0.3 is 5.97 Å². The van der Waals surface area contributed by atoms with Crippen LogP contribution in [-0.2, 0) is 11.3 Å². The van der Waals surface area contributed by atoms with Crippen molar-refractivity contribution in [2.24, 2.45) is 0 Å². The SMILES string of the molecule is Cc1csc(CN2CCCCC2C(=O)O)n1. The molecule has 1 N–H and O–H groups in total. The van der Waals surface area contributed by atoms with Crippen molar-refractivity contribution in [2.75, 3.05) is 6.54 Å². The molecule has 1 atom stereocenters. The number of carboxylic acid groups (broad SMARTS) is 1. The van der Waals surface area contributed by atoms with Crippen LogP contribution in [0.15, 0.2) is 5.38 Å². The average Bonchev–Trinajstić information content (AvgIpc) is 2.64. The summed E-state index contributed by atoms with van der Waals surface area (Å²) in [7, 11) is 0. The maximum Gasteiger partial charge on any atom is 0.320 e. The molecule has 0 aromatic carbocycles. The van der Waals surface area contributed by atoms with E-state index in [-0.39, 0.29) is 6.04 Å². The van der Waals surface area contributed by atoms with Gasteiger partial charge < -0.3 is 5.11 Å². The number of aryl methyl sites for hydroxylation is 1. The van der Waals surface area contributed by atoms with Gasteiger partial charge in [0.25, 0.3) is 0 Å². The van der Waals surface area contributed by atoms with E-state index in [1.165, 1.54) is 0 Å². The minimum Gasteiger partial charge on any atom is -0.480 e. The highest BCUT2D eigenvalue weighted by Crippen LogP contribution is 2.21. The Balaban J connectivity index is 2.03. The third-order valence-corrected chi connectivity index (χ3v) is 3.86. The van der Waals surface area contributed by atoms with Gasteiger partial charge in [0.05, 0.1) is 6.54 Å². The minimum atomic E-state index is -0.701. The molecule has 88 valence electrons. The molecule has 0 saturated carbocycles. The lowest BCUT2D eigenvalue weighted by atomic mass is 10.0. The largest absolute Gasteiger partial charge is 0.480 e. The molecule has 4 nitrogen and oxygen atoms in total. The van der Waals surface area contributed by atoms with E-state index in [2.05, 4.69) is 4.98 Å². The third kappa shape index (κ3) is 2.59. The van der Waals surface area contributed by atoms with Crippen LogP contribution in [0.4, 0.5) is 0 Å². The molecule has 5 heteroatoms. The monoisotopic (exact) mass is 240 g/mol. The highest BCUT2D eigenvalue weighted by Gasteiger charge is 2.28. The van der Waals surface area contributed by atoms with E-state index in [1.807, 2.05) is 17.2 Å². The molecule has 1 aromatic heterocycles. The lowest BCUT2D eigenvalue weighted by molar-refractivity contribution is -0.144. The Morgan fingerprint density at radius 3 is 3.12 bits per heavy atom. The highest BCUT2D eigenvalue weighted by molar-refractivity contribution is 7.09. The molecule has 0 aliphatic carbocycles. The molecule has 0 spiro atoms. The van der Waals surface area contributed by atoms with E-state index >= 15 is 0 Å². The second kappa shape index (κ2) is 4.93. The van der Waals surface area contributed by atoms with Crippen molar-refractivity contribution in [3.63, 3.8) is 0 Å². The minimum absolute atomic E-state index is 0.321. The van der Waals surface area contributed by atoms with E-state index < -0.39 is 5.97 Å². The van der Waals surface area contributed by atoms with Gasteiger partial charge in [-0.05, 0) is 26.3 Å². The maximum atomic E-state index is 11.1. The zero-order valence-electron chi connectivity index (χ0n) is 9.35. The van der Waals surface area contributed by atoms with E-state index in [0.717, 1.165) is 36.5 Å². The summed E-state index contributed by atoms with van der Waals surface area (Å²) in [5.74, 6) is -0.701. The summed E-state index contributed by atoms with van der Waals surface area (Å²) in [6.45, 7) is 3.51. The van der Waals surface area contributed by atoms with Crippen molar-refractivity contribution < 1.29 is 9.90 Å². The molecule has 2 rings (SSSR count). The van der Waals surface area contributed by atoms with Crippen LogP contribution in [0, 0.1) is 6.92 Å². The number of thiazole rings is 1. The van der Waals surface area contributed by atoms with Gasteiger partial charge in [0.1, 0.15) is 11.0 Å². The fraction of sp³-hybridized carbons (Fsp3) is 0.636. The van der Waals surface area contributed by atoms with Gasteiger partial charge in [-0.25, -0.2) is 4.98 Å². The van der Waals surface area contributed by atoms with Crippen molar-refractivity contribution >= 4 is 17.3 Å². The summed E-state index contributed by atoms with van der Waals surface area (Å²) in [6.07, 6.45) is 2.87. The van der Waals surface area contributed by atoms with Gasteiger partial charge in [0.15, 0.2) is 0 Å². The van der Waals surface area contributed by atoms with Crippen LogP contribution in [0.3, 0.4) is 0 Å². The molecule has 1 aromatic rings. The first kappa shape index (κ1) is 11.5. The fourth-order valence-corrected chi connectivity index (χ4v) is 2.91. The molecule has 16 heavy (non-hydrogen) atoms. The first-order valence-electron chi connectivity index (χ1n) is 5.54. The Morgan fingerprint density at radius 2 is 2.50 bits per heavy atom. The summed E-state index contributed by atoms with van der Waals surface area (Å²) in [5.41, 5.74) is 1.02. The molecule has 2 heterocycles. The van der Waals surface area contributed by atoms with E-state index in [4.69, 9.17) is 5.11 Å². The number of carbonyl (C=O) groups is 1. The van der Waals surface area contributed by atoms with Gasteiger partial charge in [-0.1, -0.05) is 6.42 Å². The van der Waals surface area contributed by atoms with E-state index in [1.54, 1.807) is 11.3 Å². The average molecular weight is 240 g/mol. The molecule has 1 aliphatic heterocycles. The molecule has 0 radical (unpaired) electrons. The second-order valence-corrected chi connectivity index (χ2v) is 5.15. The number of hydrogen-bond donors (Lipinski definition) is 1. The third-order valence-electron chi connectivity index (χ3n) is 2.90. The van der Waals surface area contributed by atoms with Gasteiger partial charge in [-0.2, -0.15) is 0 Å². The smallest absolute Gasteiger partial charge is 0.320 e. The lowest BCUT2D eigenvalue weighted by Crippen LogP contribution is -2.43. The van der Waals surface area contributed by atoms with Crippen LogP contribution in [0.1, 0.15) is 30.0 Å². The number of rotatable bonds is 3. The van der Waals surface area contributed by atoms with Crippen LogP contribution in [0.2, 0.25) is 0 Å². The number of hydrogen-bond acceptors (Lipinski definition) is 4. The van der Waals surface area contributed by atoms with Crippen LogP contribution < -0.4 is 0 Å². The number of nitrogens with zero attached hydrogens (tertiary/aromatic N) is 2. The number of aliphatic carboxylic acids is 1.